The molecule has 2 nitrogen and oxygen atoms in total. The Labute approximate surface area is 135 Å². The molecule has 104 valence electrons. The maximum Gasteiger partial charge on any atom is 0.124 e. The smallest absolute Gasteiger partial charge is 0.124 e. The van der Waals surface area contributed by atoms with Gasteiger partial charge in [0.2, 0.25) is 0 Å². The summed E-state index contributed by atoms with van der Waals surface area (Å²) >= 11 is 5.33. The van der Waals surface area contributed by atoms with Gasteiger partial charge in [-0.2, -0.15) is 0 Å². The number of nitrogens with zero attached hydrogens (tertiary/aromatic N) is 1. The zero-order valence-corrected chi connectivity index (χ0v) is 13.7. The predicted molar refractivity (Wildman–Crippen MR) is 91.4 cm³/mol. The summed E-state index contributed by atoms with van der Waals surface area (Å²) in [5, 5.41) is 1.09. The van der Waals surface area contributed by atoms with Crippen LogP contribution in [0, 0.1) is 0 Å². The van der Waals surface area contributed by atoms with Crippen molar-refractivity contribution >= 4 is 27.3 Å². The molecule has 0 saturated carbocycles. The third-order valence-corrected chi connectivity index (χ3v) is 5.41. The number of thiazole rings is 1. The molecule has 4 heteroatoms. The molecule has 1 aliphatic carbocycles. The Bertz CT molecular complexity index is 821. The van der Waals surface area contributed by atoms with Gasteiger partial charge in [-0.1, -0.05) is 46.3 Å². The van der Waals surface area contributed by atoms with Gasteiger partial charge in [0.25, 0.3) is 0 Å². The van der Waals surface area contributed by atoms with Crippen molar-refractivity contribution in [1.29, 1.82) is 0 Å². The van der Waals surface area contributed by atoms with Crippen molar-refractivity contribution in [2.24, 2.45) is 5.73 Å². The molecule has 3 aromatic rings. The number of nitrogens with two attached hydrogens (primary N) is 1. The van der Waals surface area contributed by atoms with Crippen LogP contribution in [-0.4, -0.2) is 4.98 Å². The molecule has 0 atom stereocenters. The van der Waals surface area contributed by atoms with Crippen molar-refractivity contribution in [3.63, 3.8) is 0 Å². The fraction of sp³-hybridized carbons (Fsp3) is 0.118. The highest BCUT2D eigenvalue weighted by Gasteiger charge is 2.23. The molecule has 21 heavy (non-hydrogen) atoms. The van der Waals surface area contributed by atoms with Crippen LogP contribution >= 0.6 is 27.3 Å². The summed E-state index contributed by atoms with van der Waals surface area (Å²) < 4.78 is 1.13. The second-order valence-corrected chi connectivity index (χ2v) is 7.17. The van der Waals surface area contributed by atoms with Gasteiger partial charge in [-0.3, -0.25) is 0 Å². The van der Waals surface area contributed by atoms with Crippen LogP contribution < -0.4 is 5.73 Å². The summed E-state index contributed by atoms with van der Waals surface area (Å²) in [7, 11) is 0. The zero-order valence-electron chi connectivity index (χ0n) is 11.3. The van der Waals surface area contributed by atoms with Gasteiger partial charge in [0.15, 0.2) is 0 Å². The Hall–Kier alpha value is -1.49. The van der Waals surface area contributed by atoms with E-state index in [1.165, 1.54) is 21.6 Å². The molecule has 1 aliphatic rings. The van der Waals surface area contributed by atoms with E-state index < -0.39 is 0 Å². The van der Waals surface area contributed by atoms with Gasteiger partial charge in [-0.05, 0) is 23.3 Å². The first-order valence-electron chi connectivity index (χ1n) is 6.82. The summed E-state index contributed by atoms with van der Waals surface area (Å²) in [6.07, 6.45) is 0.989. The Morgan fingerprint density at radius 2 is 1.95 bits per heavy atom. The minimum atomic E-state index is 0.580. The molecule has 0 unspecified atom stereocenters. The van der Waals surface area contributed by atoms with Gasteiger partial charge in [-0.25, -0.2) is 4.98 Å². The Morgan fingerprint density at radius 1 is 1.14 bits per heavy atom. The van der Waals surface area contributed by atoms with E-state index in [1.54, 1.807) is 11.3 Å². The van der Waals surface area contributed by atoms with Crippen LogP contribution in [0.25, 0.3) is 21.8 Å². The first-order valence-corrected chi connectivity index (χ1v) is 8.43. The minimum absolute atomic E-state index is 0.580. The van der Waals surface area contributed by atoms with Crippen LogP contribution in [0.4, 0.5) is 0 Å². The van der Waals surface area contributed by atoms with Gasteiger partial charge in [-0.15, -0.1) is 11.3 Å². The van der Waals surface area contributed by atoms with Crippen LogP contribution in [0.5, 0.6) is 0 Å². The highest BCUT2D eigenvalue weighted by molar-refractivity contribution is 9.10. The van der Waals surface area contributed by atoms with E-state index in [2.05, 4.69) is 58.4 Å². The molecule has 0 saturated heterocycles. The normalized spacial score (nSPS) is 12.3. The monoisotopic (exact) mass is 356 g/mol. The molecule has 1 aromatic heterocycles. The molecule has 0 bridgehead atoms. The fourth-order valence-corrected chi connectivity index (χ4v) is 4.21. The third kappa shape index (κ3) is 2.24. The topological polar surface area (TPSA) is 38.9 Å². The third-order valence-electron chi connectivity index (χ3n) is 3.81. The van der Waals surface area contributed by atoms with Crippen molar-refractivity contribution in [2.75, 3.05) is 0 Å². The zero-order chi connectivity index (χ0) is 14.4. The summed E-state index contributed by atoms with van der Waals surface area (Å²) in [5.74, 6) is 0. The quantitative estimate of drug-likeness (QED) is 0.569. The van der Waals surface area contributed by atoms with Crippen LogP contribution in [0.2, 0.25) is 0 Å². The summed E-state index contributed by atoms with van der Waals surface area (Å²) in [5.41, 5.74) is 11.8. The number of aromatic nitrogens is 1. The molecule has 0 aliphatic heterocycles. The SMILES string of the molecule is NCc1ccc(-c2nc3c(s2)Cc2cc(Br)ccc2-3)cc1. The maximum absolute atomic E-state index is 5.65. The number of benzene rings is 2. The molecule has 4 rings (SSSR count). The van der Waals surface area contributed by atoms with E-state index in [9.17, 15) is 0 Å². The van der Waals surface area contributed by atoms with Crippen LogP contribution in [0.1, 0.15) is 16.0 Å². The molecular formula is C17H13BrN2S. The molecule has 0 amide bonds. The van der Waals surface area contributed by atoms with Crippen molar-refractivity contribution < 1.29 is 0 Å². The largest absolute Gasteiger partial charge is 0.326 e. The Balaban J connectivity index is 1.75. The van der Waals surface area contributed by atoms with Crippen LogP contribution in [0.15, 0.2) is 46.9 Å². The summed E-state index contributed by atoms with van der Waals surface area (Å²) in [6.45, 7) is 0.580. The lowest BCUT2D eigenvalue weighted by Gasteiger charge is -2.01. The van der Waals surface area contributed by atoms with Gasteiger partial charge in [0, 0.05) is 33.4 Å². The summed E-state index contributed by atoms with van der Waals surface area (Å²) in [4.78, 5) is 6.22. The van der Waals surface area contributed by atoms with Crippen molar-refractivity contribution in [2.45, 2.75) is 13.0 Å². The van der Waals surface area contributed by atoms with Gasteiger partial charge in [0.1, 0.15) is 5.01 Å². The van der Waals surface area contributed by atoms with E-state index in [1.807, 2.05) is 0 Å². The number of fused-ring (bicyclic) bond motifs is 3. The lowest BCUT2D eigenvalue weighted by atomic mass is 10.1. The fourth-order valence-electron chi connectivity index (χ4n) is 2.70. The standard InChI is InChI=1S/C17H13BrN2S/c18-13-5-6-14-12(7-13)8-15-16(14)20-17(21-15)11-3-1-10(9-19)2-4-11/h1-7H,8-9,19H2. The number of rotatable bonds is 2. The molecular weight excluding hydrogens is 344 g/mol. The molecule has 0 fully saturated rings. The van der Waals surface area contributed by atoms with Gasteiger partial charge < -0.3 is 5.73 Å². The molecule has 1 heterocycles. The molecule has 0 spiro atoms. The van der Waals surface area contributed by atoms with E-state index >= 15 is 0 Å². The summed E-state index contributed by atoms with van der Waals surface area (Å²) in [6, 6.07) is 14.8. The first-order chi connectivity index (χ1) is 10.2. The average molecular weight is 357 g/mol. The number of hydrogen-bond donors (Lipinski definition) is 1. The second kappa shape index (κ2) is 5.05. The first kappa shape index (κ1) is 13.2. The van der Waals surface area contributed by atoms with E-state index in [0.29, 0.717) is 6.54 Å². The van der Waals surface area contributed by atoms with Crippen LogP contribution in [-0.2, 0) is 13.0 Å². The highest BCUT2D eigenvalue weighted by Crippen LogP contribution is 2.42. The van der Waals surface area contributed by atoms with Crippen molar-refractivity contribution in [3.8, 4) is 21.8 Å². The van der Waals surface area contributed by atoms with E-state index in [4.69, 9.17) is 10.7 Å². The molecule has 2 N–H and O–H groups in total. The lowest BCUT2D eigenvalue weighted by molar-refractivity contribution is 1.07. The number of halogens is 1. The number of hydrogen-bond acceptors (Lipinski definition) is 3. The average Bonchev–Trinajstić information content (AvgIpc) is 3.04. The van der Waals surface area contributed by atoms with Gasteiger partial charge >= 0.3 is 0 Å². The van der Waals surface area contributed by atoms with Crippen LogP contribution in [0.3, 0.4) is 0 Å². The second-order valence-electron chi connectivity index (χ2n) is 5.17. The molecule has 2 aromatic carbocycles. The van der Waals surface area contributed by atoms with Crippen molar-refractivity contribution in [3.05, 3.63) is 62.9 Å². The maximum atomic E-state index is 5.65. The van der Waals surface area contributed by atoms with Crippen molar-refractivity contribution in [1.82, 2.24) is 4.98 Å². The molecule has 0 radical (unpaired) electrons. The highest BCUT2D eigenvalue weighted by atomic mass is 79.9. The van der Waals surface area contributed by atoms with E-state index in [-0.39, 0.29) is 0 Å². The Kier molecular flexibility index (Phi) is 3.17. The predicted octanol–water partition coefficient (Wildman–Crippen LogP) is 4.60. The Morgan fingerprint density at radius 3 is 2.71 bits per heavy atom. The minimum Gasteiger partial charge on any atom is -0.326 e. The van der Waals surface area contributed by atoms with E-state index in [0.717, 1.165) is 27.2 Å². The lowest BCUT2D eigenvalue weighted by Crippen LogP contribution is -1.95. The van der Waals surface area contributed by atoms with Gasteiger partial charge in [0.05, 0.1) is 5.69 Å².